The van der Waals surface area contributed by atoms with Gasteiger partial charge in [0.05, 0.1) is 182 Å². The zero-order valence-corrected chi connectivity index (χ0v) is 78.6. The van der Waals surface area contributed by atoms with Crippen LogP contribution in [0.15, 0.2) is 129 Å². The van der Waals surface area contributed by atoms with Gasteiger partial charge in [-0.3, -0.25) is 9.59 Å². The number of carbonyl (C=O) groups excluding carboxylic acids is 2. The Hall–Kier alpha value is -6.12. The third-order valence-corrected chi connectivity index (χ3v) is 25.8. The summed E-state index contributed by atoms with van der Waals surface area (Å²) in [5, 5.41) is 13.0. The molecular formula is C88H126F3N6NaO24S4. The predicted molar refractivity (Wildman–Crippen MR) is 464 cm³/mol. The molecule has 4 aromatic carbocycles. The van der Waals surface area contributed by atoms with E-state index in [0.717, 1.165) is 94.9 Å². The minimum Gasteiger partial charge on any atom is -0.748 e. The number of nitrogens with zero attached hydrogens (tertiary/aromatic N) is 2. The molecule has 5 N–H and O–H groups in total. The number of primary sulfonamides is 1. The molecule has 1 fully saturated rings. The predicted octanol–water partition coefficient (Wildman–Crippen LogP) is 7.20. The molecule has 0 radical (unpaired) electrons. The molecule has 2 amide bonds. The van der Waals surface area contributed by atoms with Crippen molar-refractivity contribution in [3.63, 3.8) is 0 Å². The minimum absolute atomic E-state index is 0. The number of nitrogens with two attached hydrogens (primary N) is 1. The number of sulfonamides is 1. The number of unbranched alkanes of at least 4 members (excludes halogenated alkanes) is 2. The molecule has 2 aliphatic carbocycles. The average molecular weight is 1860 g/mol. The molecule has 0 saturated heterocycles. The molecule has 0 atom stereocenters. The van der Waals surface area contributed by atoms with E-state index in [1.54, 1.807) is 0 Å². The van der Waals surface area contributed by atoms with Gasteiger partial charge in [-0.1, -0.05) is 101 Å². The van der Waals surface area contributed by atoms with Crippen molar-refractivity contribution in [3.05, 3.63) is 154 Å². The van der Waals surface area contributed by atoms with E-state index in [9.17, 15) is 56.8 Å². The largest absolute Gasteiger partial charge is 1.00 e. The first-order valence-corrected chi connectivity index (χ1v) is 49.4. The summed E-state index contributed by atoms with van der Waals surface area (Å²) < 4.78 is 236. The smallest absolute Gasteiger partial charge is 0.748 e. The molecule has 126 heavy (non-hydrogen) atoms. The van der Waals surface area contributed by atoms with Crippen LogP contribution in [0.25, 0.3) is 0 Å². The van der Waals surface area contributed by atoms with Crippen LogP contribution < -0.4 is 60.3 Å². The van der Waals surface area contributed by atoms with E-state index in [1.807, 2.05) is 48.5 Å². The van der Waals surface area contributed by atoms with E-state index in [-0.39, 0.29) is 87.7 Å². The summed E-state index contributed by atoms with van der Waals surface area (Å²) in [7, 11) is -18.7. The topological polar surface area (TPSA) is 396 Å². The molecule has 4 aliphatic rings. The number of benzene rings is 4. The standard InChI is InChI=1S/C88H127F3N6O24S4.Na/c1-87(2)72-23-10-12-25-74(72)96(40-14-16-64-123(102,103)104)76(87)34-30-68-19-18-20-69(31-35-77-88(3,4)73-24-11-13-26-75(73)97(77)41-15-17-65-124(105,106)107)84(68)121-71-32-27-67(28-33-71)29-36-78(98)93-38-42-110-44-46-112-48-50-114-52-54-116-56-58-118-60-62-120-63-61-119-59-57-117-55-53-115-51-49-113-47-45-111-43-39-94-79(99)37-66-122(100,101)86-81(90)80(89)85(125(92,108)109)82(91)83(86)95-70-21-8-6-5-7-9-22-70;/h10-13,23-28,30-35,70,95H,5-9,14-22,29,36-66H2,1-4H3,(H5-,92,93,94,98,99,102,103,104,105,106,107,108,109);/q;+1/p-1. The number of hydrogen-bond acceptors (Lipinski definition) is 26. The third kappa shape index (κ3) is 36.2. The van der Waals surface area contributed by atoms with E-state index in [2.05, 4.69) is 102 Å². The minimum atomic E-state index is -5.15. The quantitative estimate of drug-likeness (QED) is 0.0112. The van der Waals surface area contributed by atoms with Gasteiger partial charge < -0.3 is 86.8 Å². The average Bonchev–Trinajstić information content (AvgIpc) is 1.09. The van der Waals surface area contributed by atoms with Crippen molar-refractivity contribution in [2.45, 2.75) is 164 Å². The van der Waals surface area contributed by atoms with Gasteiger partial charge >= 0.3 is 29.6 Å². The Bertz CT molecular complexity index is 4730. The number of rotatable bonds is 61. The van der Waals surface area contributed by atoms with Crippen molar-refractivity contribution in [1.29, 1.82) is 0 Å². The van der Waals surface area contributed by atoms with Gasteiger partial charge in [0.15, 0.2) is 37.9 Å². The van der Waals surface area contributed by atoms with Gasteiger partial charge in [0.1, 0.15) is 22.9 Å². The van der Waals surface area contributed by atoms with Crippen LogP contribution in [0.2, 0.25) is 0 Å². The Morgan fingerprint density at radius 2 is 0.976 bits per heavy atom. The maximum absolute atomic E-state index is 15.7. The fourth-order valence-electron chi connectivity index (χ4n) is 15.1. The molecule has 4 aromatic rings. The zero-order chi connectivity index (χ0) is 90.1. The van der Waals surface area contributed by atoms with Crippen LogP contribution in [0.4, 0.5) is 30.2 Å². The number of para-hydroxylation sites is 2. The molecule has 698 valence electrons. The second-order valence-corrected chi connectivity index (χ2v) is 38.2. The van der Waals surface area contributed by atoms with Crippen molar-refractivity contribution < 1.29 is 157 Å². The number of amides is 2. The molecule has 30 nitrogen and oxygen atoms in total. The van der Waals surface area contributed by atoms with Gasteiger partial charge in [0.25, 0.3) is 0 Å². The van der Waals surface area contributed by atoms with Crippen LogP contribution in [-0.4, -0.2) is 260 Å². The van der Waals surface area contributed by atoms with Crippen LogP contribution in [0, 0.1) is 17.5 Å². The van der Waals surface area contributed by atoms with Crippen LogP contribution in [-0.2, 0) is 119 Å². The number of fused-ring (bicyclic) bond motifs is 2. The van der Waals surface area contributed by atoms with Gasteiger partial charge in [-0.2, -0.15) is 4.58 Å². The number of hydrogen-bond donors (Lipinski definition) is 4. The summed E-state index contributed by atoms with van der Waals surface area (Å²) in [6, 6.07) is 23.6. The molecule has 0 bridgehead atoms. The summed E-state index contributed by atoms with van der Waals surface area (Å²) in [4.78, 5) is 24.5. The summed E-state index contributed by atoms with van der Waals surface area (Å²) >= 11 is 0. The van der Waals surface area contributed by atoms with E-state index in [1.165, 1.54) is 0 Å². The number of aryl methyl sites for hydroxylation is 1. The number of ether oxygens (including phenoxy) is 12. The fourth-order valence-corrected chi connectivity index (χ4v) is 18.4. The summed E-state index contributed by atoms with van der Waals surface area (Å²) in [6.45, 7) is 17.6. The number of allylic oxidation sites excluding steroid dienone is 7. The monoisotopic (exact) mass is 1860 g/mol. The van der Waals surface area contributed by atoms with Crippen molar-refractivity contribution in [3.8, 4) is 5.75 Å². The molecule has 2 aliphatic heterocycles. The Labute approximate surface area is 763 Å². The van der Waals surface area contributed by atoms with Gasteiger partial charge in [0.2, 0.25) is 27.5 Å². The molecule has 0 spiro atoms. The molecule has 38 heteroatoms. The van der Waals surface area contributed by atoms with Crippen molar-refractivity contribution in [2.24, 2.45) is 5.14 Å². The number of anilines is 2. The summed E-state index contributed by atoms with van der Waals surface area (Å²) in [5.41, 5.74) is 7.49. The molecular weight excluding hydrogens is 1730 g/mol. The number of nitrogens with one attached hydrogen (secondary N) is 3. The van der Waals surface area contributed by atoms with Crippen molar-refractivity contribution >= 4 is 74.7 Å². The summed E-state index contributed by atoms with van der Waals surface area (Å²) in [5.74, 6) is -7.63. The Balaban J connectivity index is 0.0000218. The van der Waals surface area contributed by atoms with E-state index in [4.69, 9.17) is 62.0 Å². The maximum Gasteiger partial charge on any atom is 1.00 e. The fraction of sp³-hybridized carbons (Fsp3) is 0.602. The normalized spacial score (nSPS) is 16.3. The van der Waals surface area contributed by atoms with Crippen LogP contribution in [0.5, 0.6) is 5.75 Å². The third-order valence-electron chi connectivity index (χ3n) is 21.5. The summed E-state index contributed by atoms with van der Waals surface area (Å²) in [6.07, 6.45) is 17.4. The number of halogens is 3. The van der Waals surface area contributed by atoms with Crippen LogP contribution in [0.3, 0.4) is 0 Å². The first-order chi connectivity index (χ1) is 59.9. The number of sulfone groups is 1. The second-order valence-electron chi connectivity index (χ2n) is 31.7. The molecule has 8 rings (SSSR count). The van der Waals surface area contributed by atoms with Gasteiger partial charge in [-0.25, -0.2) is 52.0 Å². The van der Waals surface area contributed by atoms with Gasteiger partial charge in [0, 0.05) is 90.9 Å². The Morgan fingerprint density at radius 3 is 1.48 bits per heavy atom. The van der Waals surface area contributed by atoms with Crippen molar-refractivity contribution in [2.75, 3.05) is 199 Å². The second kappa shape index (κ2) is 55.3. The Kier molecular flexibility index (Phi) is 46.9. The zero-order valence-electron chi connectivity index (χ0n) is 73.4. The maximum atomic E-state index is 15.7. The van der Waals surface area contributed by atoms with Crippen LogP contribution in [0.1, 0.15) is 147 Å². The Morgan fingerprint density at radius 1 is 0.516 bits per heavy atom. The molecule has 0 aromatic heterocycles. The SMILES string of the molecule is CC1(C)C(/C=C/C2=C(Oc3ccc(CCC(=O)NCCOCCOCCOCCOCCOCCOCCOCCOCCOCCOCCOCCNC(=O)CCS(=O)(=O)c4c(F)c(F)c(S(N)(=O)=O)c(F)c4NC4CCCCCCC4)cc3)C(=C/C=C3\N(CCCCS(=O)(=O)[O-])c4ccccc4C3(C)C)/CCC2)=[N+](CCCCS(=O)(=O)[O-])c2ccccc21.[Na+]. The van der Waals surface area contributed by atoms with E-state index < -0.39 is 119 Å². The number of carbonyl (C=O) groups is 2. The first-order valence-electron chi connectivity index (χ1n) is 43.1. The van der Waals surface area contributed by atoms with Crippen molar-refractivity contribution in [1.82, 2.24) is 10.6 Å². The molecule has 0 unspecified atom stereocenters. The van der Waals surface area contributed by atoms with Gasteiger partial charge in [-0.15, -0.1) is 0 Å². The first kappa shape index (κ1) is 107. The van der Waals surface area contributed by atoms with E-state index >= 15 is 8.78 Å². The van der Waals surface area contributed by atoms with E-state index in [0.29, 0.717) is 189 Å². The van der Waals surface area contributed by atoms with Gasteiger partial charge in [-0.05, 0) is 124 Å². The molecule has 1 saturated carbocycles. The van der Waals surface area contributed by atoms with Crippen LogP contribution >= 0.6 is 0 Å². The molecule has 2 heterocycles.